The van der Waals surface area contributed by atoms with Gasteiger partial charge in [-0.05, 0) is 32.1 Å². The summed E-state index contributed by atoms with van der Waals surface area (Å²) >= 11 is 0. The van der Waals surface area contributed by atoms with E-state index in [-0.39, 0.29) is 5.54 Å². The van der Waals surface area contributed by atoms with Crippen molar-refractivity contribution in [3.63, 3.8) is 0 Å². The van der Waals surface area contributed by atoms with Crippen LogP contribution in [-0.2, 0) is 4.74 Å². The minimum Gasteiger partial charge on any atom is -0.376 e. The quantitative estimate of drug-likeness (QED) is 0.761. The molecule has 15 heavy (non-hydrogen) atoms. The van der Waals surface area contributed by atoms with Gasteiger partial charge < -0.3 is 10.5 Å². The number of hydrogen-bond donors (Lipinski definition) is 1. The highest BCUT2D eigenvalue weighted by Gasteiger charge is 2.26. The molecule has 0 amide bonds. The third-order valence-electron chi connectivity index (χ3n) is 3.80. The van der Waals surface area contributed by atoms with Gasteiger partial charge in [-0.2, -0.15) is 0 Å². The zero-order valence-corrected chi connectivity index (χ0v) is 10.6. The Morgan fingerprint density at radius 2 is 1.93 bits per heavy atom. The Morgan fingerprint density at radius 1 is 1.27 bits per heavy atom. The highest BCUT2D eigenvalue weighted by molar-refractivity contribution is 4.80. The van der Waals surface area contributed by atoms with E-state index in [0.717, 1.165) is 12.3 Å². The molecule has 3 unspecified atom stereocenters. The average Bonchev–Trinajstić information content (AvgIpc) is 2.27. The van der Waals surface area contributed by atoms with Crippen molar-refractivity contribution in [2.75, 3.05) is 6.61 Å². The molecule has 0 aromatic rings. The molecular formula is C13H27NO. The molecule has 0 heterocycles. The Bertz CT molecular complexity index is 179. The standard InChI is InChI=1S/C13H27NO/c1-4-11-8-6-7-9-12(11)15-10-13(3,14)5-2/h11-12H,4-10,14H2,1-3H3. The van der Waals surface area contributed by atoms with Gasteiger partial charge in [0.05, 0.1) is 12.7 Å². The Balaban J connectivity index is 2.35. The van der Waals surface area contributed by atoms with E-state index in [1.54, 1.807) is 0 Å². The summed E-state index contributed by atoms with van der Waals surface area (Å²) in [5.41, 5.74) is 5.95. The van der Waals surface area contributed by atoms with Crippen LogP contribution in [0.25, 0.3) is 0 Å². The molecule has 2 nitrogen and oxygen atoms in total. The van der Waals surface area contributed by atoms with Crippen molar-refractivity contribution in [2.24, 2.45) is 11.7 Å². The van der Waals surface area contributed by atoms with Crippen LogP contribution in [0.3, 0.4) is 0 Å². The molecule has 0 radical (unpaired) electrons. The monoisotopic (exact) mass is 213 g/mol. The molecule has 0 bridgehead atoms. The second-order valence-corrected chi connectivity index (χ2v) is 5.31. The summed E-state index contributed by atoms with van der Waals surface area (Å²) in [6, 6.07) is 0. The molecule has 0 aliphatic heterocycles. The lowest BCUT2D eigenvalue weighted by atomic mass is 9.84. The fourth-order valence-corrected chi connectivity index (χ4v) is 2.26. The van der Waals surface area contributed by atoms with E-state index in [0.29, 0.717) is 12.7 Å². The third-order valence-corrected chi connectivity index (χ3v) is 3.80. The second kappa shape index (κ2) is 5.86. The van der Waals surface area contributed by atoms with Gasteiger partial charge in [-0.1, -0.05) is 33.1 Å². The minimum absolute atomic E-state index is 0.143. The Kier molecular flexibility index (Phi) is 5.07. The van der Waals surface area contributed by atoms with Gasteiger partial charge >= 0.3 is 0 Å². The predicted molar refractivity (Wildman–Crippen MR) is 64.9 cm³/mol. The summed E-state index contributed by atoms with van der Waals surface area (Å²) in [6.07, 6.45) is 7.99. The van der Waals surface area contributed by atoms with E-state index >= 15 is 0 Å². The van der Waals surface area contributed by atoms with E-state index in [9.17, 15) is 0 Å². The topological polar surface area (TPSA) is 35.2 Å². The van der Waals surface area contributed by atoms with Crippen molar-refractivity contribution in [3.8, 4) is 0 Å². The van der Waals surface area contributed by atoms with Gasteiger partial charge in [0, 0.05) is 5.54 Å². The van der Waals surface area contributed by atoms with Crippen LogP contribution in [-0.4, -0.2) is 18.2 Å². The van der Waals surface area contributed by atoms with Crippen molar-refractivity contribution in [1.29, 1.82) is 0 Å². The van der Waals surface area contributed by atoms with Crippen molar-refractivity contribution in [3.05, 3.63) is 0 Å². The highest BCUT2D eigenvalue weighted by Crippen LogP contribution is 2.29. The van der Waals surface area contributed by atoms with Crippen LogP contribution in [0.4, 0.5) is 0 Å². The van der Waals surface area contributed by atoms with Gasteiger partial charge in [0.25, 0.3) is 0 Å². The lowest BCUT2D eigenvalue weighted by molar-refractivity contribution is -0.0318. The smallest absolute Gasteiger partial charge is 0.0647 e. The maximum atomic E-state index is 6.10. The Labute approximate surface area is 94.6 Å². The maximum Gasteiger partial charge on any atom is 0.0647 e. The molecule has 1 aliphatic carbocycles. The minimum atomic E-state index is -0.143. The summed E-state index contributed by atoms with van der Waals surface area (Å²) in [6.45, 7) is 7.19. The lowest BCUT2D eigenvalue weighted by Crippen LogP contribution is -2.43. The summed E-state index contributed by atoms with van der Waals surface area (Å²) in [5.74, 6) is 0.770. The van der Waals surface area contributed by atoms with Crippen LogP contribution in [0.15, 0.2) is 0 Å². The fourth-order valence-electron chi connectivity index (χ4n) is 2.26. The zero-order valence-electron chi connectivity index (χ0n) is 10.6. The molecule has 3 atom stereocenters. The molecule has 0 saturated heterocycles. The van der Waals surface area contributed by atoms with E-state index in [4.69, 9.17) is 10.5 Å². The van der Waals surface area contributed by atoms with Crippen molar-refractivity contribution < 1.29 is 4.74 Å². The molecule has 1 fully saturated rings. The molecule has 90 valence electrons. The summed E-state index contributed by atoms with van der Waals surface area (Å²) in [4.78, 5) is 0. The van der Waals surface area contributed by atoms with Gasteiger partial charge in [-0.25, -0.2) is 0 Å². The molecule has 0 spiro atoms. The van der Waals surface area contributed by atoms with Crippen LogP contribution in [0.5, 0.6) is 0 Å². The molecule has 0 aromatic carbocycles. The Hall–Kier alpha value is -0.0800. The molecule has 0 aromatic heterocycles. The summed E-state index contributed by atoms with van der Waals surface area (Å²) in [7, 11) is 0. The van der Waals surface area contributed by atoms with E-state index in [2.05, 4.69) is 20.8 Å². The van der Waals surface area contributed by atoms with Crippen molar-refractivity contribution >= 4 is 0 Å². The van der Waals surface area contributed by atoms with E-state index < -0.39 is 0 Å². The number of rotatable bonds is 5. The second-order valence-electron chi connectivity index (χ2n) is 5.31. The molecular weight excluding hydrogens is 186 g/mol. The average molecular weight is 213 g/mol. The molecule has 1 rings (SSSR count). The molecule has 2 heteroatoms. The summed E-state index contributed by atoms with van der Waals surface area (Å²) in [5, 5.41) is 0. The third kappa shape index (κ3) is 4.12. The Morgan fingerprint density at radius 3 is 2.53 bits per heavy atom. The van der Waals surface area contributed by atoms with Gasteiger partial charge in [0.15, 0.2) is 0 Å². The first kappa shape index (κ1) is 13.0. The van der Waals surface area contributed by atoms with Crippen molar-refractivity contribution in [2.45, 2.75) is 70.9 Å². The van der Waals surface area contributed by atoms with E-state index in [1.807, 2.05) is 0 Å². The number of ether oxygens (including phenoxy) is 1. The largest absolute Gasteiger partial charge is 0.376 e. The van der Waals surface area contributed by atoms with Gasteiger partial charge in [0.2, 0.25) is 0 Å². The van der Waals surface area contributed by atoms with Crippen LogP contribution in [0, 0.1) is 5.92 Å². The summed E-state index contributed by atoms with van der Waals surface area (Å²) < 4.78 is 6.02. The van der Waals surface area contributed by atoms with Crippen LogP contribution in [0.1, 0.15) is 59.3 Å². The highest BCUT2D eigenvalue weighted by atomic mass is 16.5. The molecule has 2 N–H and O–H groups in total. The predicted octanol–water partition coefficient (Wildman–Crippen LogP) is 3.10. The number of nitrogens with two attached hydrogens (primary N) is 1. The SMILES string of the molecule is CCC1CCCCC1OCC(C)(N)CC. The van der Waals surface area contributed by atoms with Gasteiger partial charge in [0.1, 0.15) is 0 Å². The zero-order chi connectivity index (χ0) is 11.3. The van der Waals surface area contributed by atoms with Crippen LogP contribution in [0.2, 0.25) is 0 Å². The molecule has 1 aliphatic rings. The van der Waals surface area contributed by atoms with Gasteiger partial charge in [-0.15, -0.1) is 0 Å². The van der Waals surface area contributed by atoms with Crippen molar-refractivity contribution in [1.82, 2.24) is 0 Å². The fraction of sp³-hybridized carbons (Fsp3) is 1.00. The number of hydrogen-bond acceptors (Lipinski definition) is 2. The normalized spacial score (nSPS) is 31.2. The maximum absolute atomic E-state index is 6.10. The van der Waals surface area contributed by atoms with Crippen LogP contribution < -0.4 is 5.73 Å². The van der Waals surface area contributed by atoms with Crippen LogP contribution >= 0.6 is 0 Å². The van der Waals surface area contributed by atoms with Gasteiger partial charge in [-0.3, -0.25) is 0 Å². The molecule has 1 saturated carbocycles. The van der Waals surface area contributed by atoms with E-state index in [1.165, 1.54) is 32.1 Å². The lowest BCUT2D eigenvalue weighted by Gasteiger charge is -2.33. The first-order valence-electron chi connectivity index (χ1n) is 6.49. The first-order valence-corrected chi connectivity index (χ1v) is 6.49. The first-order chi connectivity index (χ1) is 7.09.